The highest BCUT2D eigenvalue weighted by Gasteiger charge is 2.27. The van der Waals surface area contributed by atoms with Crippen LogP contribution < -0.4 is 0 Å². The summed E-state index contributed by atoms with van der Waals surface area (Å²) < 4.78 is 32.7. The fraction of sp³-hybridized carbons (Fsp3) is 0.727. The zero-order valence-corrected chi connectivity index (χ0v) is 35.3. The predicted molar refractivity (Wildman–Crippen MR) is 224 cm³/mol. The first-order valence-electron chi connectivity index (χ1n) is 21.2. The molecule has 0 aromatic rings. The van der Waals surface area contributed by atoms with E-state index >= 15 is 0 Å². The Kier molecular flexibility index (Phi) is 38.2. The molecule has 0 aromatic carbocycles. The number of phosphoric ester groups is 1. The minimum absolute atomic E-state index is 0.160. The van der Waals surface area contributed by atoms with Gasteiger partial charge in [0.05, 0.1) is 19.8 Å². The number of hydrogen-bond donors (Lipinski definition) is 3. The molecule has 0 rings (SSSR count). The van der Waals surface area contributed by atoms with E-state index in [1.54, 1.807) is 0 Å². The van der Waals surface area contributed by atoms with Gasteiger partial charge in [0, 0.05) is 12.8 Å². The standard InChI is InChI=1S/C44H77O10P/c1-3-5-7-9-11-13-15-17-19-20-22-23-25-27-29-31-33-35-43(47)51-39-42(40-53-55(49,50)52-38-41(46)37-45)54-44(48)36-34-32-30-28-26-24-21-18-16-14-12-10-8-6-4-2/h6,8,11-14,17-19,21,41-42,45-46H,3-5,7,9-10,15-16,20,22-40H2,1-2H3,(H,49,50)/b8-6+,13-11+,14-12+,19-17+,21-18+/t41-,42+/m0/s1. The van der Waals surface area contributed by atoms with Crippen LogP contribution in [0.3, 0.4) is 0 Å². The predicted octanol–water partition coefficient (Wildman–Crippen LogP) is 11.1. The number of rotatable bonds is 39. The lowest BCUT2D eigenvalue weighted by molar-refractivity contribution is -0.161. The average Bonchev–Trinajstić information content (AvgIpc) is 3.17. The second kappa shape index (κ2) is 39.9. The molecule has 1 unspecified atom stereocenters. The lowest BCUT2D eigenvalue weighted by Gasteiger charge is -2.20. The van der Waals surface area contributed by atoms with Gasteiger partial charge >= 0.3 is 19.8 Å². The zero-order valence-electron chi connectivity index (χ0n) is 34.4. The summed E-state index contributed by atoms with van der Waals surface area (Å²) in [6.07, 6.45) is 43.2. The first-order valence-corrected chi connectivity index (χ1v) is 22.7. The number of esters is 2. The summed E-state index contributed by atoms with van der Waals surface area (Å²) in [7, 11) is -4.63. The van der Waals surface area contributed by atoms with Crippen molar-refractivity contribution in [1.29, 1.82) is 0 Å². The number of carbonyl (C=O) groups excluding carboxylic acids is 2. The monoisotopic (exact) mass is 797 g/mol. The van der Waals surface area contributed by atoms with Gasteiger partial charge in [0.25, 0.3) is 0 Å². The molecule has 11 heteroatoms. The molecule has 0 radical (unpaired) electrons. The van der Waals surface area contributed by atoms with Crippen molar-refractivity contribution in [1.82, 2.24) is 0 Å². The number of aliphatic hydroxyl groups excluding tert-OH is 2. The maximum Gasteiger partial charge on any atom is 0.472 e. The van der Waals surface area contributed by atoms with Gasteiger partial charge in [-0.15, -0.1) is 0 Å². The zero-order chi connectivity index (χ0) is 40.5. The van der Waals surface area contributed by atoms with E-state index in [2.05, 4.69) is 79.1 Å². The minimum atomic E-state index is -4.63. The van der Waals surface area contributed by atoms with Crippen LogP contribution in [0, 0.1) is 0 Å². The minimum Gasteiger partial charge on any atom is -0.462 e. The molecular formula is C44H77O10P. The van der Waals surface area contributed by atoms with Crippen molar-refractivity contribution in [3.05, 3.63) is 60.8 Å². The Hall–Kier alpha value is -2.33. The summed E-state index contributed by atoms with van der Waals surface area (Å²) in [5.74, 6) is -0.958. The number of phosphoric acid groups is 1. The van der Waals surface area contributed by atoms with Gasteiger partial charge in [-0.3, -0.25) is 18.6 Å². The third-order valence-electron chi connectivity index (χ3n) is 8.66. The van der Waals surface area contributed by atoms with Crippen molar-refractivity contribution in [3.63, 3.8) is 0 Å². The molecule has 0 aromatic heterocycles. The number of carbonyl (C=O) groups is 2. The van der Waals surface area contributed by atoms with E-state index in [1.165, 1.54) is 44.9 Å². The van der Waals surface area contributed by atoms with Gasteiger partial charge < -0.3 is 24.6 Å². The molecule has 318 valence electrons. The second-order valence-corrected chi connectivity index (χ2v) is 15.4. The Labute approximate surface area is 334 Å². The van der Waals surface area contributed by atoms with E-state index in [0.717, 1.165) is 83.5 Å². The van der Waals surface area contributed by atoms with Gasteiger partial charge in [0.1, 0.15) is 12.7 Å². The smallest absolute Gasteiger partial charge is 0.462 e. The molecule has 0 spiro atoms. The molecule has 0 amide bonds. The van der Waals surface area contributed by atoms with E-state index in [4.69, 9.17) is 19.1 Å². The Balaban J connectivity index is 4.35. The van der Waals surface area contributed by atoms with Crippen LogP contribution in [0.15, 0.2) is 60.8 Å². The van der Waals surface area contributed by atoms with E-state index < -0.39 is 51.8 Å². The van der Waals surface area contributed by atoms with Gasteiger partial charge in [-0.05, 0) is 77.0 Å². The Bertz CT molecular complexity index is 1100. The van der Waals surface area contributed by atoms with E-state index in [9.17, 15) is 24.2 Å². The molecule has 0 bridgehead atoms. The molecule has 0 aliphatic carbocycles. The molecule has 3 atom stereocenters. The molecule has 0 aliphatic rings. The van der Waals surface area contributed by atoms with Crippen molar-refractivity contribution < 1.29 is 47.8 Å². The van der Waals surface area contributed by atoms with Gasteiger partial charge in [0.2, 0.25) is 0 Å². The third kappa shape index (κ3) is 39.7. The maximum atomic E-state index is 12.6. The first kappa shape index (κ1) is 52.7. The third-order valence-corrected chi connectivity index (χ3v) is 9.61. The van der Waals surface area contributed by atoms with E-state index in [0.29, 0.717) is 12.8 Å². The largest absolute Gasteiger partial charge is 0.472 e. The SMILES string of the molecule is CC/C=C/C/C=C/C/C=C/CCCCCCCC(=O)O[C@H](COC(=O)CCCCCCCCC/C=C/C/C=C/CCCCC)COP(=O)(O)OC[C@@H](O)CO. The Morgan fingerprint density at radius 1 is 0.564 bits per heavy atom. The summed E-state index contributed by atoms with van der Waals surface area (Å²) in [6, 6.07) is 0. The number of unbranched alkanes of at least 4 members (excludes halogenated alkanes) is 15. The molecular weight excluding hydrogens is 719 g/mol. The Morgan fingerprint density at radius 2 is 1.00 bits per heavy atom. The number of aliphatic hydroxyl groups is 2. The number of ether oxygens (including phenoxy) is 2. The van der Waals surface area contributed by atoms with Crippen molar-refractivity contribution in [3.8, 4) is 0 Å². The first-order chi connectivity index (χ1) is 26.7. The molecule has 0 saturated carbocycles. The summed E-state index contributed by atoms with van der Waals surface area (Å²) in [5, 5.41) is 18.3. The highest BCUT2D eigenvalue weighted by Crippen LogP contribution is 2.43. The maximum absolute atomic E-state index is 12.6. The summed E-state index contributed by atoms with van der Waals surface area (Å²) in [5.41, 5.74) is 0. The van der Waals surface area contributed by atoms with Crippen LogP contribution in [0.1, 0.15) is 168 Å². The van der Waals surface area contributed by atoms with Crippen LogP contribution in [-0.4, -0.2) is 65.7 Å². The average molecular weight is 797 g/mol. The van der Waals surface area contributed by atoms with E-state index in [1.807, 2.05) is 0 Å². The van der Waals surface area contributed by atoms with Crippen LogP contribution in [0.5, 0.6) is 0 Å². The highest BCUT2D eigenvalue weighted by atomic mass is 31.2. The summed E-state index contributed by atoms with van der Waals surface area (Å²) in [4.78, 5) is 35.0. The molecule has 3 N–H and O–H groups in total. The fourth-order valence-corrected chi connectivity index (χ4v) is 6.18. The van der Waals surface area contributed by atoms with Crippen molar-refractivity contribution in [2.24, 2.45) is 0 Å². The van der Waals surface area contributed by atoms with Gasteiger partial charge in [-0.1, -0.05) is 139 Å². The van der Waals surface area contributed by atoms with Gasteiger partial charge in [0.15, 0.2) is 6.10 Å². The Morgan fingerprint density at radius 3 is 1.51 bits per heavy atom. The second-order valence-electron chi connectivity index (χ2n) is 14.0. The quantitative estimate of drug-likeness (QED) is 0.0237. The van der Waals surface area contributed by atoms with Crippen LogP contribution >= 0.6 is 7.82 Å². The topological polar surface area (TPSA) is 149 Å². The summed E-state index contributed by atoms with van der Waals surface area (Å²) in [6.45, 7) is 2.20. The highest BCUT2D eigenvalue weighted by molar-refractivity contribution is 7.47. The normalized spacial score (nSPS) is 14.5. The number of allylic oxidation sites excluding steroid dienone is 10. The van der Waals surface area contributed by atoms with Crippen molar-refractivity contribution in [2.75, 3.05) is 26.4 Å². The van der Waals surface area contributed by atoms with Crippen LogP contribution in [0.25, 0.3) is 0 Å². The van der Waals surface area contributed by atoms with Crippen molar-refractivity contribution >= 4 is 19.8 Å². The molecule has 10 nitrogen and oxygen atoms in total. The van der Waals surface area contributed by atoms with Crippen LogP contribution in [0.2, 0.25) is 0 Å². The summed E-state index contributed by atoms with van der Waals surface area (Å²) >= 11 is 0. The molecule has 0 saturated heterocycles. The van der Waals surface area contributed by atoms with E-state index in [-0.39, 0.29) is 19.4 Å². The van der Waals surface area contributed by atoms with Gasteiger partial charge in [-0.25, -0.2) is 4.57 Å². The molecule has 0 fully saturated rings. The van der Waals surface area contributed by atoms with Gasteiger partial charge in [-0.2, -0.15) is 0 Å². The molecule has 0 aliphatic heterocycles. The van der Waals surface area contributed by atoms with Crippen LogP contribution in [0.4, 0.5) is 0 Å². The molecule has 55 heavy (non-hydrogen) atoms. The lowest BCUT2D eigenvalue weighted by Crippen LogP contribution is -2.29. The lowest BCUT2D eigenvalue weighted by atomic mass is 10.1. The van der Waals surface area contributed by atoms with Crippen LogP contribution in [-0.2, 0) is 32.7 Å². The molecule has 0 heterocycles. The number of hydrogen-bond acceptors (Lipinski definition) is 9. The fourth-order valence-electron chi connectivity index (χ4n) is 5.39. The van der Waals surface area contributed by atoms with Crippen molar-refractivity contribution in [2.45, 2.75) is 180 Å².